The monoisotopic (exact) mass is 378 g/mol. The molecule has 6 N–H and O–H groups in total. The lowest BCUT2D eigenvalue weighted by Gasteiger charge is -2.43. The van der Waals surface area contributed by atoms with Gasteiger partial charge >= 0.3 is 10.3 Å². The van der Waals surface area contributed by atoms with Gasteiger partial charge in [-0.3, -0.25) is 14.1 Å². The predicted octanol–water partition coefficient (Wildman–Crippen LogP) is -2.47. The van der Waals surface area contributed by atoms with Crippen molar-refractivity contribution in [1.29, 1.82) is 0 Å². The summed E-state index contributed by atoms with van der Waals surface area (Å²) in [6, 6.07) is -2.34. The molecule has 1 aromatic rings. The molecule has 0 aromatic carbocycles. The fraction of sp³-hybridized carbons (Fsp3) is 0.400. The summed E-state index contributed by atoms with van der Waals surface area (Å²) in [5.41, 5.74) is 10.8. The molecule has 0 bridgehead atoms. The van der Waals surface area contributed by atoms with Crippen LogP contribution in [0.1, 0.15) is 5.69 Å². The molecule has 2 atom stereocenters. The van der Waals surface area contributed by atoms with Gasteiger partial charge in [0.1, 0.15) is 18.8 Å². The van der Waals surface area contributed by atoms with E-state index in [1.54, 1.807) is 0 Å². The van der Waals surface area contributed by atoms with Crippen molar-refractivity contribution in [3.05, 3.63) is 11.1 Å². The van der Waals surface area contributed by atoms with Gasteiger partial charge in [-0.15, -0.1) is 11.3 Å². The van der Waals surface area contributed by atoms with Crippen LogP contribution in [0.4, 0.5) is 5.13 Å². The number of hydrogen-bond acceptors (Lipinski definition) is 10. The van der Waals surface area contributed by atoms with Gasteiger partial charge in [0.25, 0.3) is 11.8 Å². The Labute approximate surface area is 140 Å². The molecule has 132 valence electrons. The Morgan fingerprint density at radius 3 is 2.75 bits per heavy atom. The number of nitrogens with zero attached hydrogens (tertiary/aromatic N) is 3. The van der Waals surface area contributed by atoms with Crippen molar-refractivity contribution in [2.24, 2.45) is 10.9 Å². The Morgan fingerprint density at radius 2 is 2.29 bits per heavy atom. The quantitative estimate of drug-likeness (QED) is 0.180. The average molecular weight is 378 g/mol. The molecule has 1 saturated heterocycles. The Morgan fingerprint density at radius 1 is 1.62 bits per heavy atom. The highest BCUT2D eigenvalue weighted by Crippen LogP contribution is 2.23. The highest BCUT2D eigenvalue weighted by molar-refractivity contribution is 7.84. The molecule has 1 aliphatic heterocycles. The minimum absolute atomic E-state index is 0.125. The predicted molar refractivity (Wildman–Crippen MR) is 83.2 cm³/mol. The number of carbonyl (C=O) groups is 2. The SMILES string of the molecule is CO/N=C(\C(=O)NC1C(=O)N(S(=O)(=O)O)C1CN)c1csc(N)n1. The van der Waals surface area contributed by atoms with Gasteiger partial charge in [0.05, 0.1) is 6.04 Å². The summed E-state index contributed by atoms with van der Waals surface area (Å²) in [7, 11) is -3.55. The molecule has 1 fully saturated rings. The van der Waals surface area contributed by atoms with E-state index in [-0.39, 0.29) is 27.4 Å². The molecule has 24 heavy (non-hydrogen) atoms. The first-order valence-corrected chi connectivity index (χ1v) is 8.62. The van der Waals surface area contributed by atoms with E-state index in [0.717, 1.165) is 11.3 Å². The molecule has 14 heteroatoms. The largest absolute Gasteiger partial charge is 0.398 e. The van der Waals surface area contributed by atoms with Crippen molar-refractivity contribution >= 4 is 44.3 Å². The fourth-order valence-electron chi connectivity index (χ4n) is 2.09. The topological polar surface area (TPSA) is 190 Å². The number of thiazole rings is 1. The van der Waals surface area contributed by atoms with E-state index in [4.69, 9.17) is 16.0 Å². The van der Waals surface area contributed by atoms with Crippen LogP contribution in [0.3, 0.4) is 0 Å². The molecule has 2 unspecified atom stereocenters. The summed E-state index contributed by atoms with van der Waals surface area (Å²) >= 11 is 1.07. The maximum Gasteiger partial charge on any atom is 0.362 e. The van der Waals surface area contributed by atoms with Crippen molar-refractivity contribution in [3.8, 4) is 0 Å². The third-order valence-electron chi connectivity index (χ3n) is 3.11. The molecule has 0 spiro atoms. The number of carbonyl (C=O) groups excluding carboxylic acids is 2. The molecule has 12 nitrogen and oxygen atoms in total. The van der Waals surface area contributed by atoms with Gasteiger partial charge in [0.2, 0.25) is 0 Å². The van der Waals surface area contributed by atoms with Crippen molar-refractivity contribution in [3.63, 3.8) is 0 Å². The summed E-state index contributed by atoms with van der Waals surface area (Å²) in [5, 5.41) is 7.47. The Hall–Kier alpha value is -2.29. The van der Waals surface area contributed by atoms with Crippen LogP contribution in [0.25, 0.3) is 0 Å². The van der Waals surface area contributed by atoms with Crippen molar-refractivity contribution in [2.75, 3.05) is 19.4 Å². The van der Waals surface area contributed by atoms with Crippen LogP contribution in [0.2, 0.25) is 0 Å². The van der Waals surface area contributed by atoms with Gasteiger partial charge in [-0.1, -0.05) is 5.16 Å². The molecule has 0 saturated carbocycles. The molecule has 2 rings (SSSR count). The van der Waals surface area contributed by atoms with E-state index in [2.05, 4.69) is 20.3 Å². The lowest BCUT2D eigenvalue weighted by Crippen LogP contribution is -2.74. The highest BCUT2D eigenvalue weighted by atomic mass is 32.2. The number of nitrogens with two attached hydrogens (primary N) is 2. The zero-order valence-corrected chi connectivity index (χ0v) is 13.9. The molecule has 0 radical (unpaired) electrons. The van der Waals surface area contributed by atoms with Crippen LogP contribution in [0.15, 0.2) is 10.5 Å². The second kappa shape index (κ2) is 6.68. The molecule has 2 heterocycles. The highest BCUT2D eigenvalue weighted by Gasteiger charge is 2.53. The van der Waals surface area contributed by atoms with E-state index in [0.29, 0.717) is 0 Å². The van der Waals surface area contributed by atoms with Crippen molar-refractivity contribution in [2.45, 2.75) is 12.1 Å². The summed E-state index contributed by atoms with van der Waals surface area (Å²) in [6.45, 7) is -0.295. The van der Waals surface area contributed by atoms with E-state index < -0.39 is 34.2 Å². The molecule has 2 amide bonds. The molecule has 0 aliphatic carbocycles. The Kier molecular flexibility index (Phi) is 5.02. The zero-order valence-electron chi connectivity index (χ0n) is 12.2. The smallest absolute Gasteiger partial charge is 0.362 e. The Bertz CT molecular complexity index is 790. The number of aromatic nitrogens is 1. The van der Waals surface area contributed by atoms with Gasteiger partial charge in [-0.05, 0) is 0 Å². The van der Waals surface area contributed by atoms with Crippen LogP contribution in [-0.2, 0) is 24.7 Å². The van der Waals surface area contributed by atoms with Gasteiger partial charge in [0.15, 0.2) is 10.8 Å². The standard InChI is InChI=1S/C10H14N6O6S2/c1-22-15-6(4-3-23-10(12)13-4)8(17)14-7-5(2-11)16(9(7)18)24(19,20)21/h3,5,7H,2,11H2,1H3,(H2,12,13)(H,14,17)(H,19,20,21)/b15-6-. The minimum atomic E-state index is -4.75. The third-order valence-corrected chi connectivity index (χ3v) is 4.73. The number of β-lactam (4-membered cyclic amide) rings is 1. The first-order valence-electron chi connectivity index (χ1n) is 6.34. The molecular formula is C10H14N6O6S2. The number of nitrogens with one attached hydrogen (secondary N) is 1. The lowest BCUT2D eigenvalue weighted by molar-refractivity contribution is -0.144. The lowest BCUT2D eigenvalue weighted by atomic mass is 9.98. The Balaban J connectivity index is 2.19. The van der Waals surface area contributed by atoms with Crippen LogP contribution < -0.4 is 16.8 Å². The van der Waals surface area contributed by atoms with E-state index in [9.17, 15) is 18.0 Å². The van der Waals surface area contributed by atoms with Crippen LogP contribution >= 0.6 is 11.3 Å². The first-order chi connectivity index (χ1) is 11.2. The summed E-state index contributed by atoms with van der Waals surface area (Å²) in [6.07, 6.45) is 0. The van der Waals surface area contributed by atoms with Crippen LogP contribution in [-0.4, -0.2) is 65.5 Å². The maximum atomic E-state index is 12.3. The van der Waals surface area contributed by atoms with E-state index in [1.807, 2.05) is 0 Å². The van der Waals surface area contributed by atoms with E-state index >= 15 is 0 Å². The average Bonchev–Trinajstić information content (AvgIpc) is 2.91. The van der Waals surface area contributed by atoms with Crippen LogP contribution in [0.5, 0.6) is 0 Å². The number of nitrogen functional groups attached to an aromatic ring is 1. The normalized spacial score (nSPS) is 21.4. The van der Waals surface area contributed by atoms with Gasteiger partial charge < -0.3 is 21.6 Å². The molecule has 1 aliphatic rings. The van der Waals surface area contributed by atoms with Gasteiger partial charge in [-0.25, -0.2) is 9.29 Å². The fourth-order valence-corrected chi connectivity index (χ4v) is 3.53. The van der Waals surface area contributed by atoms with Crippen LogP contribution in [0, 0.1) is 0 Å². The second-order valence-electron chi connectivity index (χ2n) is 4.56. The number of hydrogen-bond donors (Lipinski definition) is 4. The second-order valence-corrected chi connectivity index (χ2v) is 6.74. The number of anilines is 1. The van der Waals surface area contributed by atoms with Gasteiger partial charge in [-0.2, -0.15) is 8.42 Å². The molecular weight excluding hydrogens is 364 g/mol. The number of oxime groups is 1. The summed E-state index contributed by atoms with van der Waals surface area (Å²) in [5.74, 6) is -1.86. The van der Waals surface area contributed by atoms with Gasteiger partial charge in [0, 0.05) is 11.9 Å². The maximum absolute atomic E-state index is 12.3. The first kappa shape index (κ1) is 18.1. The zero-order chi connectivity index (χ0) is 18.1. The van der Waals surface area contributed by atoms with E-state index in [1.165, 1.54) is 12.5 Å². The number of amides is 2. The summed E-state index contributed by atoms with van der Waals surface area (Å²) < 4.78 is 31.4. The minimum Gasteiger partial charge on any atom is -0.398 e. The van der Waals surface area contributed by atoms with Crippen molar-refractivity contribution in [1.82, 2.24) is 14.6 Å². The summed E-state index contributed by atoms with van der Waals surface area (Å²) in [4.78, 5) is 32.6. The third kappa shape index (κ3) is 3.30. The number of rotatable bonds is 6. The van der Waals surface area contributed by atoms with Crippen molar-refractivity contribution < 1.29 is 27.4 Å². The molecule has 1 aromatic heterocycles.